The Balaban J connectivity index is 3.00. The quantitative estimate of drug-likeness (QED) is 0.567. The van der Waals surface area contributed by atoms with E-state index in [2.05, 4.69) is 26.8 Å². The van der Waals surface area contributed by atoms with Crippen molar-refractivity contribution in [3.63, 3.8) is 0 Å². The molecule has 0 aromatic carbocycles. The molecule has 0 bridgehead atoms. The zero-order chi connectivity index (χ0) is 17.3. The first-order valence-corrected chi connectivity index (χ1v) is 9.08. The van der Waals surface area contributed by atoms with E-state index in [0.29, 0.717) is 12.5 Å². The van der Waals surface area contributed by atoms with E-state index in [-0.39, 0.29) is 5.92 Å². The minimum Gasteiger partial charge on any atom is -0.481 e. The van der Waals surface area contributed by atoms with Gasteiger partial charge in [0.25, 0.3) is 0 Å². The SMILES string of the molecule is CCCCC1=CC=CC(CCCC(C)C)(C(=O)O)C1CCOC. The molecule has 0 radical (unpaired) electrons. The summed E-state index contributed by atoms with van der Waals surface area (Å²) in [5.41, 5.74) is 0.531. The van der Waals surface area contributed by atoms with Crippen molar-refractivity contribution in [3.05, 3.63) is 23.8 Å². The van der Waals surface area contributed by atoms with E-state index in [1.54, 1.807) is 7.11 Å². The minimum atomic E-state index is -0.759. The maximum atomic E-state index is 12.2. The van der Waals surface area contributed by atoms with Crippen LogP contribution in [0.4, 0.5) is 0 Å². The molecule has 0 aromatic rings. The number of rotatable bonds is 11. The number of unbranched alkanes of at least 4 members (excludes halogenated alkanes) is 1. The van der Waals surface area contributed by atoms with E-state index >= 15 is 0 Å². The van der Waals surface area contributed by atoms with Gasteiger partial charge in [-0.25, -0.2) is 0 Å². The zero-order valence-corrected chi connectivity index (χ0v) is 15.3. The van der Waals surface area contributed by atoms with Crippen LogP contribution in [0.3, 0.4) is 0 Å². The maximum Gasteiger partial charge on any atom is 0.314 e. The largest absolute Gasteiger partial charge is 0.481 e. The molecule has 0 aromatic heterocycles. The first kappa shape index (κ1) is 20.0. The summed E-state index contributed by atoms with van der Waals surface area (Å²) in [5.74, 6) is -0.00897. The molecule has 132 valence electrons. The highest BCUT2D eigenvalue weighted by Gasteiger charge is 2.45. The van der Waals surface area contributed by atoms with Gasteiger partial charge >= 0.3 is 5.97 Å². The summed E-state index contributed by atoms with van der Waals surface area (Å²) in [6.45, 7) is 7.18. The van der Waals surface area contributed by atoms with E-state index in [1.807, 2.05) is 12.2 Å². The first-order valence-electron chi connectivity index (χ1n) is 9.08. The van der Waals surface area contributed by atoms with Gasteiger partial charge in [0.2, 0.25) is 0 Å². The number of allylic oxidation sites excluding steroid dienone is 3. The van der Waals surface area contributed by atoms with Crippen molar-refractivity contribution in [2.75, 3.05) is 13.7 Å². The van der Waals surface area contributed by atoms with Crippen molar-refractivity contribution in [2.24, 2.45) is 17.3 Å². The molecule has 23 heavy (non-hydrogen) atoms. The van der Waals surface area contributed by atoms with E-state index in [0.717, 1.165) is 44.9 Å². The van der Waals surface area contributed by atoms with Gasteiger partial charge in [-0.3, -0.25) is 4.79 Å². The monoisotopic (exact) mass is 322 g/mol. The molecular formula is C20H34O3. The number of aliphatic carboxylic acids is 1. The van der Waals surface area contributed by atoms with Crippen molar-refractivity contribution < 1.29 is 14.6 Å². The lowest BCUT2D eigenvalue weighted by Gasteiger charge is -2.39. The van der Waals surface area contributed by atoms with Crippen LogP contribution >= 0.6 is 0 Å². The van der Waals surface area contributed by atoms with E-state index in [4.69, 9.17) is 4.74 Å². The van der Waals surface area contributed by atoms with E-state index in [9.17, 15) is 9.90 Å². The smallest absolute Gasteiger partial charge is 0.314 e. The summed E-state index contributed by atoms with van der Waals surface area (Å²) < 4.78 is 5.27. The van der Waals surface area contributed by atoms with Gasteiger partial charge in [-0.2, -0.15) is 0 Å². The topological polar surface area (TPSA) is 46.5 Å². The maximum absolute atomic E-state index is 12.2. The van der Waals surface area contributed by atoms with Gasteiger partial charge in [-0.05, 0) is 31.6 Å². The summed E-state index contributed by atoms with van der Waals surface area (Å²) in [4.78, 5) is 12.2. The Kier molecular flexibility index (Phi) is 8.60. The van der Waals surface area contributed by atoms with Gasteiger partial charge in [-0.1, -0.05) is 63.8 Å². The molecule has 0 amide bonds. The van der Waals surface area contributed by atoms with Crippen molar-refractivity contribution in [1.29, 1.82) is 0 Å². The molecule has 0 spiro atoms. The predicted molar refractivity (Wildman–Crippen MR) is 95.5 cm³/mol. The number of carboxylic acids is 1. The second kappa shape index (κ2) is 9.92. The van der Waals surface area contributed by atoms with Gasteiger partial charge in [0.1, 0.15) is 0 Å². The summed E-state index contributed by atoms with van der Waals surface area (Å²) >= 11 is 0. The van der Waals surface area contributed by atoms with Crippen LogP contribution in [0, 0.1) is 17.3 Å². The number of carbonyl (C=O) groups is 1. The van der Waals surface area contributed by atoms with E-state index in [1.165, 1.54) is 5.57 Å². The number of hydrogen-bond acceptors (Lipinski definition) is 2. The van der Waals surface area contributed by atoms with Crippen molar-refractivity contribution in [1.82, 2.24) is 0 Å². The van der Waals surface area contributed by atoms with Crippen LogP contribution < -0.4 is 0 Å². The number of ether oxygens (including phenoxy) is 1. The van der Waals surface area contributed by atoms with Crippen molar-refractivity contribution in [2.45, 2.75) is 65.7 Å². The number of carboxylic acid groups (broad SMARTS) is 1. The standard InChI is InChI=1S/C20H34O3/c1-5-6-10-17-11-8-14-20(19(21)22,13-7-9-16(2)3)18(17)12-15-23-4/h8,11,14,16,18H,5-7,9-10,12-13,15H2,1-4H3,(H,21,22). The molecule has 1 N–H and O–H groups in total. The Hall–Kier alpha value is -1.09. The highest BCUT2D eigenvalue weighted by atomic mass is 16.5. The Morgan fingerprint density at radius 1 is 1.39 bits per heavy atom. The van der Waals surface area contributed by atoms with Crippen molar-refractivity contribution >= 4 is 5.97 Å². The molecule has 3 nitrogen and oxygen atoms in total. The molecule has 0 fully saturated rings. The first-order chi connectivity index (χ1) is 11.0. The van der Waals surface area contributed by atoms with Crippen LogP contribution in [0.1, 0.15) is 65.7 Å². The molecule has 0 aliphatic heterocycles. The second-order valence-corrected chi connectivity index (χ2v) is 7.17. The third kappa shape index (κ3) is 5.49. The van der Waals surface area contributed by atoms with Crippen LogP contribution in [-0.4, -0.2) is 24.8 Å². The Morgan fingerprint density at radius 2 is 2.13 bits per heavy atom. The highest BCUT2D eigenvalue weighted by molar-refractivity contribution is 5.79. The van der Waals surface area contributed by atoms with Gasteiger partial charge in [0.05, 0.1) is 5.41 Å². The van der Waals surface area contributed by atoms with Gasteiger partial charge in [-0.15, -0.1) is 0 Å². The average Bonchev–Trinajstić information content (AvgIpc) is 2.51. The lowest BCUT2D eigenvalue weighted by Crippen LogP contribution is -2.40. The molecule has 0 saturated heterocycles. The fourth-order valence-corrected chi connectivity index (χ4v) is 3.61. The summed E-state index contributed by atoms with van der Waals surface area (Å²) in [6, 6.07) is 0. The zero-order valence-electron chi connectivity index (χ0n) is 15.3. The fourth-order valence-electron chi connectivity index (χ4n) is 3.61. The average molecular weight is 322 g/mol. The molecule has 0 heterocycles. The Labute approximate surface area is 141 Å². The molecular weight excluding hydrogens is 288 g/mol. The normalized spacial score (nSPS) is 24.0. The van der Waals surface area contributed by atoms with Crippen LogP contribution in [0.25, 0.3) is 0 Å². The minimum absolute atomic E-state index is 0.0589. The molecule has 2 atom stereocenters. The fraction of sp³-hybridized carbons (Fsp3) is 0.750. The predicted octanol–water partition coefficient (Wildman–Crippen LogP) is 5.22. The van der Waals surface area contributed by atoms with Crippen LogP contribution in [0.15, 0.2) is 23.8 Å². The number of methoxy groups -OCH3 is 1. The molecule has 1 rings (SSSR count). The summed E-state index contributed by atoms with van der Waals surface area (Å²) in [7, 11) is 1.69. The number of hydrogen-bond donors (Lipinski definition) is 1. The third-order valence-corrected chi connectivity index (χ3v) is 4.97. The van der Waals surface area contributed by atoms with E-state index < -0.39 is 11.4 Å². The summed E-state index contributed by atoms with van der Waals surface area (Å²) in [5, 5.41) is 10.0. The molecule has 2 unspecified atom stereocenters. The van der Waals surface area contributed by atoms with Gasteiger partial charge in [0.15, 0.2) is 0 Å². The van der Waals surface area contributed by atoms with Crippen molar-refractivity contribution in [3.8, 4) is 0 Å². The van der Waals surface area contributed by atoms with Crippen LogP contribution in [0.2, 0.25) is 0 Å². The van der Waals surface area contributed by atoms with Gasteiger partial charge < -0.3 is 9.84 Å². The molecule has 1 aliphatic carbocycles. The molecule has 3 heteroatoms. The second-order valence-electron chi connectivity index (χ2n) is 7.17. The Morgan fingerprint density at radius 3 is 2.70 bits per heavy atom. The lowest BCUT2D eigenvalue weighted by atomic mass is 9.64. The molecule has 0 saturated carbocycles. The van der Waals surface area contributed by atoms with Crippen LogP contribution in [-0.2, 0) is 9.53 Å². The molecule has 1 aliphatic rings. The van der Waals surface area contributed by atoms with Gasteiger partial charge in [0, 0.05) is 19.6 Å². The Bertz CT molecular complexity index is 423. The third-order valence-electron chi connectivity index (χ3n) is 4.97. The van der Waals surface area contributed by atoms with Crippen LogP contribution in [0.5, 0.6) is 0 Å². The summed E-state index contributed by atoms with van der Waals surface area (Å²) in [6.07, 6.45) is 12.8. The lowest BCUT2D eigenvalue weighted by molar-refractivity contribution is -0.149. The highest BCUT2D eigenvalue weighted by Crippen LogP contribution is 2.45.